The van der Waals surface area contributed by atoms with Gasteiger partial charge in [-0.2, -0.15) is 0 Å². The summed E-state index contributed by atoms with van der Waals surface area (Å²) in [5.41, 5.74) is 10.2. The Hall–Kier alpha value is -2.49. The van der Waals surface area contributed by atoms with Crippen LogP contribution < -0.4 is 16.8 Å². The van der Waals surface area contributed by atoms with E-state index >= 15 is 0 Å². The van der Waals surface area contributed by atoms with E-state index in [1.54, 1.807) is 13.8 Å². The van der Waals surface area contributed by atoms with Gasteiger partial charge in [0.1, 0.15) is 11.1 Å². The van der Waals surface area contributed by atoms with E-state index in [-0.39, 0.29) is 28.6 Å². The number of hydrogen-bond donors (Lipinski definition) is 4. The van der Waals surface area contributed by atoms with Crippen molar-refractivity contribution in [2.45, 2.75) is 31.0 Å². The number of aromatic nitrogens is 1. The number of hydrogen-bond acceptors (Lipinski definition) is 6. The molecule has 1 unspecified atom stereocenters. The highest BCUT2D eigenvalue weighted by Crippen LogP contribution is 2.33. The third-order valence-corrected chi connectivity index (χ3v) is 3.76. The van der Waals surface area contributed by atoms with Gasteiger partial charge in [-0.1, -0.05) is 11.8 Å². The van der Waals surface area contributed by atoms with Crippen LogP contribution in [-0.4, -0.2) is 40.5 Å². The number of nitrogens with one attached hydrogen (secondary N) is 2. The zero-order valence-electron chi connectivity index (χ0n) is 12.9. The molecule has 10 heteroatoms. The highest BCUT2D eigenvalue weighted by atomic mass is 32.2. The maximum atomic E-state index is 11.7. The van der Waals surface area contributed by atoms with Gasteiger partial charge in [-0.05, 0) is 13.8 Å². The van der Waals surface area contributed by atoms with Gasteiger partial charge in [-0.15, -0.1) is 0 Å². The third kappa shape index (κ3) is 4.49. The molecule has 1 heterocycles. The number of rotatable bonds is 7. The fourth-order valence-corrected chi connectivity index (χ4v) is 2.80. The Labute approximate surface area is 136 Å². The van der Waals surface area contributed by atoms with Crippen LogP contribution in [-0.2, 0) is 14.3 Å². The number of ether oxygens (including phenoxy) is 1. The van der Waals surface area contributed by atoms with Gasteiger partial charge < -0.3 is 26.5 Å². The summed E-state index contributed by atoms with van der Waals surface area (Å²) in [6, 6.07) is 0. The van der Waals surface area contributed by atoms with Gasteiger partial charge in [0, 0.05) is 6.92 Å². The zero-order valence-corrected chi connectivity index (χ0v) is 13.7. The Morgan fingerprint density at radius 1 is 1.22 bits per heavy atom. The molecule has 0 saturated heterocycles. The van der Waals surface area contributed by atoms with Crippen LogP contribution in [0.25, 0.3) is 0 Å². The molecule has 6 N–H and O–H groups in total. The Morgan fingerprint density at radius 3 is 2.22 bits per heavy atom. The number of aromatic amines is 1. The number of esters is 1. The van der Waals surface area contributed by atoms with Crippen LogP contribution in [0.4, 0.5) is 5.82 Å². The van der Waals surface area contributed by atoms with Crippen LogP contribution in [0.2, 0.25) is 0 Å². The van der Waals surface area contributed by atoms with Gasteiger partial charge in [0.2, 0.25) is 5.91 Å². The maximum absolute atomic E-state index is 11.7. The molecule has 0 radical (unpaired) electrons. The molecule has 9 nitrogen and oxygen atoms in total. The number of thioether (sulfide) groups is 1. The maximum Gasteiger partial charge on any atom is 0.319 e. The van der Waals surface area contributed by atoms with Gasteiger partial charge in [0.05, 0.1) is 22.8 Å². The van der Waals surface area contributed by atoms with Crippen molar-refractivity contribution in [3.05, 3.63) is 11.1 Å². The largest absolute Gasteiger partial charge is 0.465 e. The van der Waals surface area contributed by atoms with Crippen LogP contribution in [0.3, 0.4) is 0 Å². The van der Waals surface area contributed by atoms with Crippen LogP contribution >= 0.6 is 11.8 Å². The first-order valence-electron chi connectivity index (χ1n) is 6.65. The Bertz CT molecular complexity index is 655. The van der Waals surface area contributed by atoms with Crippen LogP contribution in [0.5, 0.6) is 0 Å². The van der Waals surface area contributed by atoms with Crippen LogP contribution in [0.15, 0.2) is 5.03 Å². The minimum absolute atomic E-state index is 0.0441. The van der Waals surface area contributed by atoms with Gasteiger partial charge in [0.25, 0.3) is 11.8 Å². The second kappa shape index (κ2) is 7.68. The minimum atomic E-state index is -0.936. The summed E-state index contributed by atoms with van der Waals surface area (Å²) in [5, 5.41) is 1.85. The Morgan fingerprint density at radius 2 is 1.78 bits per heavy atom. The average Bonchev–Trinajstić information content (AvgIpc) is 2.76. The second-order valence-electron chi connectivity index (χ2n) is 4.50. The van der Waals surface area contributed by atoms with Crippen molar-refractivity contribution >= 4 is 41.3 Å². The first-order valence-corrected chi connectivity index (χ1v) is 7.53. The molecule has 0 aliphatic rings. The molecule has 0 aromatic carbocycles. The molecule has 1 aromatic heterocycles. The highest BCUT2D eigenvalue weighted by Gasteiger charge is 2.28. The zero-order chi connectivity index (χ0) is 17.7. The predicted molar refractivity (Wildman–Crippen MR) is 84.1 cm³/mol. The summed E-state index contributed by atoms with van der Waals surface area (Å²) in [5.74, 6) is -2.86. The molecular weight excluding hydrogens is 324 g/mol. The first kappa shape index (κ1) is 18.6. The summed E-state index contributed by atoms with van der Waals surface area (Å²) in [4.78, 5) is 48.9. The normalized spacial score (nSPS) is 11.6. The Kier molecular flexibility index (Phi) is 6.19. The Balaban J connectivity index is 3.30. The SMILES string of the molecule is CCOC(=O)C(C)Sc1[nH]c(NC(C)=O)c(C(N)=O)c1C(N)=O. The topological polar surface area (TPSA) is 157 Å². The number of carbonyl (C=O) groups excluding carboxylic acids is 4. The molecule has 0 aliphatic carbocycles. The summed E-state index contributed by atoms with van der Waals surface area (Å²) in [6.45, 7) is 4.67. The van der Waals surface area contributed by atoms with E-state index in [1.165, 1.54) is 6.92 Å². The van der Waals surface area contributed by atoms with Gasteiger partial charge in [-0.25, -0.2) is 0 Å². The van der Waals surface area contributed by atoms with Crippen molar-refractivity contribution in [3.63, 3.8) is 0 Å². The van der Waals surface area contributed by atoms with Crippen molar-refractivity contribution in [2.24, 2.45) is 11.5 Å². The number of amides is 3. The van der Waals surface area contributed by atoms with E-state index in [9.17, 15) is 19.2 Å². The summed E-state index contributed by atoms with van der Waals surface area (Å²) in [6.07, 6.45) is 0. The van der Waals surface area contributed by atoms with Crippen molar-refractivity contribution in [2.75, 3.05) is 11.9 Å². The monoisotopic (exact) mass is 342 g/mol. The van der Waals surface area contributed by atoms with E-state index < -0.39 is 28.9 Å². The molecule has 0 bridgehead atoms. The fraction of sp³-hybridized carbons (Fsp3) is 0.385. The van der Waals surface area contributed by atoms with E-state index in [4.69, 9.17) is 16.2 Å². The lowest BCUT2D eigenvalue weighted by molar-refractivity contribution is -0.142. The van der Waals surface area contributed by atoms with Crippen molar-refractivity contribution in [3.8, 4) is 0 Å². The number of nitrogens with two attached hydrogens (primary N) is 2. The summed E-state index contributed by atoms with van der Waals surface area (Å²) < 4.78 is 4.87. The van der Waals surface area contributed by atoms with Gasteiger partial charge in [-0.3, -0.25) is 19.2 Å². The molecule has 0 aliphatic heterocycles. The molecular formula is C13H18N4O5S. The fourth-order valence-electron chi connectivity index (χ4n) is 1.80. The lowest BCUT2D eigenvalue weighted by Crippen LogP contribution is -2.22. The second-order valence-corrected chi connectivity index (χ2v) is 5.85. The van der Waals surface area contributed by atoms with E-state index in [2.05, 4.69) is 10.3 Å². The predicted octanol–water partition coefficient (Wildman–Crippen LogP) is 0.215. The van der Waals surface area contributed by atoms with Crippen LogP contribution in [0, 0.1) is 0 Å². The highest BCUT2D eigenvalue weighted by molar-refractivity contribution is 8.00. The smallest absolute Gasteiger partial charge is 0.319 e. The lowest BCUT2D eigenvalue weighted by atomic mass is 10.1. The summed E-state index contributed by atoms with van der Waals surface area (Å²) in [7, 11) is 0. The number of H-pyrrole nitrogens is 1. The summed E-state index contributed by atoms with van der Waals surface area (Å²) >= 11 is 0.936. The average molecular weight is 342 g/mol. The van der Waals surface area contributed by atoms with Crippen molar-refractivity contribution in [1.29, 1.82) is 0 Å². The molecule has 1 rings (SSSR count). The van der Waals surface area contributed by atoms with E-state index in [0.29, 0.717) is 0 Å². The molecule has 0 spiro atoms. The molecule has 126 valence electrons. The van der Waals surface area contributed by atoms with Gasteiger partial charge in [0.15, 0.2) is 0 Å². The molecule has 0 saturated carbocycles. The quantitative estimate of drug-likeness (QED) is 0.410. The molecule has 1 atom stereocenters. The molecule has 0 fully saturated rings. The number of primary amides is 2. The standard InChI is InChI=1S/C13H18N4O5S/c1-4-22-13(21)5(2)23-12-8(10(15)20)7(9(14)19)11(17-12)16-6(3)18/h5,17H,4H2,1-3H3,(H2,14,19)(H2,15,20)(H,16,18). The number of anilines is 1. The van der Waals surface area contributed by atoms with Crippen molar-refractivity contribution in [1.82, 2.24) is 4.98 Å². The molecule has 3 amide bonds. The first-order chi connectivity index (χ1) is 10.7. The molecule has 1 aromatic rings. The minimum Gasteiger partial charge on any atom is -0.465 e. The number of carbonyl (C=O) groups is 4. The van der Waals surface area contributed by atoms with Crippen molar-refractivity contribution < 1.29 is 23.9 Å². The van der Waals surface area contributed by atoms with E-state index in [0.717, 1.165) is 11.8 Å². The van der Waals surface area contributed by atoms with E-state index in [1.807, 2.05) is 0 Å². The molecule has 23 heavy (non-hydrogen) atoms. The van der Waals surface area contributed by atoms with Gasteiger partial charge >= 0.3 is 5.97 Å². The third-order valence-electron chi connectivity index (χ3n) is 2.67. The lowest BCUT2D eigenvalue weighted by Gasteiger charge is -2.09. The van der Waals surface area contributed by atoms with Crippen LogP contribution in [0.1, 0.15) is 41.5 Å².